The molecule has 152 valence electrons. The van der Waals surface area contributed by atoms with Gasteiger partial charge in [-0.05, 0) is 36.2 Å². The van der Waals surface area contributed by atoms with Crippen LogP contribution in [0.25, 0.3) is 55.8 Å². The van der Waals surface area contributed by atoms with Crippen molar-refractivity contribution in [3.63, 3.8) is 0 Å². The normalized spacial score (nSPS) is 11.3. The molecule has 0 radical (unpaired) electrons. The third-order valence-electron chi connectivity index (χ3n) is 5.74. The Morgan fingerprint density at radius 2 is 1.28 bits per heavy atom. The predicted molar refractivity (Wildman–Crippen MR) is 130 cm³/mol. The lowest BCUT2D eigenvalue weighted by atomic mass is 10.0. The fourth-order valence-electron chi connectivity index (χ4n) is 4.17. The summed E-state index contributed by atoms with van der Waals surface area (Å²) in [6.07, 6.45) is 0. The lowest BCUT2D eigenvalue weighted by Gasteiger charge is -2.08. The van der Waals surface area contributed by atoms with Gasteiger partial charge in [0.2, 0.25) is 0 Å². The third kappa shape index (κ3) is 3.15. The summed E-state index contributed by atoms with van der Waals surface area (Å²) in [5.74, 6) is 0.692. The van der Waals surface area contributed by atoms with Crippen molar-refractivity contribution in [1.82, 2.24) is 9.97 Å². The first kappa shape index (κ1) is 18.5. The molecular weight excluding hydrogens is 392 g/mol. The molecule has 0 aliphatic heterocycles. The molecule has 32 heavy (non-hydrogen) atoms. The van der Waals surface area contributed by atoms with E-state index in [1.807, 2.05) is 36.4 Å². The quantitative estimate of drug-likeness (QED) is 0.299. The van der Waals surface area contributed by atoms with Crippen molar-refractivity contribution < 1.29 is 4.42 Å². The SMILES string of the molecule is Cc1cccc(-c2cccc(-c3nc(-c4ccccc4)c4oc5ccccc5c4n3)c2)c1. The van der Waals surface area contributed by atoms with E-state index < -0.39 is 0 Å². The van der Waals surface area contributed by atoms with Crippen LogP contribution in [0.3, 0.4) is 0 Å². The molecule has 0 aliphatic carbocycles. The molecule has 6 aromatic rings. The van der Waals surface area contributed by atoms with Gasteiger partial charge in [0, 0.05) is 16.5 Å². The van der Waals surface area contributed by atoms with E-state index in [4.69, 9.17) is 14.4 Å². The van der Waals surface area contributed by atoms with Crippen LogP contribution < -0.4 is 0 Å². The standard InChI is InChI=1S/C29H20N2O/c1-19-9-7-12-21(17-19)22-13-8-14-23(18-22)29-30-26(20-10-3-2-4-11-20)28-27(31-29)24-15-5-6-16-25(24)32-28/h2-18H,1H3. The van der Waals surface area contributed by atoms with E-state index in [-0.39, 0.29) is 0 Å². The van der Waals surface area contributed by atoms with Gasteiger partial charge >= 0.3 is 0 Å². The van der Waals surface area contributed by atoms with Crippen LogP contribution in [-0.4, -0.2) is 9.97 Å². The van der Waals surface area contributed by atoms with Crippen LogP contribution in [-0.2, 0) is 0 Å². The zero-order valence-electron chi connectivity index (χ0n) is 17.6. The van der Waals surface area contributed by atoms with Crippen molar-refractivity contribution >= 4 is 22.1 Å². The number of fused-ring (bicyclic) bond motifs is 3. The molecule has 0 N–H and O–H groups in total. The van der Waals surface area contributed by atoms with Gasteiger partial charge in [-0.3, -0.25) is 0 Å². The van der Waals surface area contributed by atoms with E-state index in [1.165, 1.54) is 11.1 Å². The molecular formula is C29H20N2O. The topological polar surface area (TPSA) is 38.9 Å². The van der Waals surface area contributed by atoms with Crippen molar-refractivity contribution in [2.24, 2.45) is 0 Å². The van der Waals surface area contributed by atoms with Crippen molar-refractivity contribution in [2.75, 3.05) is 0 Å². The Kier molecular flexibility index (Phi) is 4.32. The highest BCUT2D eigenvalue weighted by Crippen LogP contribution is 2.35. The van der Waals surface area contributed by atoms with Gasteiger partial charge in [-0.15, -0.1) is 0 Å². The number of aromatic nitrogens is 2. The first-order valence-corrected chi connectivity index (χ1v) is 10.7. The minimum absolute atomic E-state index is 0.692. The molecule has 0 saturated heterocycles. The highest BCUT2D eigenvalue weighted by molar-refractivity contribution is 6.07. The summed E-state index contributed by atoms with van der Waals surface area (Å²) in [5, 5.41) is 0.998. The summed E-state index contributed by atoms with van der Waals surface area (Å²) in [4.78, 5) is 9.95. The second kappa shape index (κ2) is 7.47. The molecule has 3 nitrogen and oxygen atoms in total. The zero-order valence-corrected chi connectivity index (χ0v) is 17.6. The van der Waals surface area contributed by atoms with Crippen molar-refractivity contribution in [3.8, 4) is 33.8 Å². The predicted octanol–water partition coefficient (Wildman–Crippen LogP) is 7.69. The number of para-hydroxylation sites is 1. The number of nitrogens with zero attached hydrogens (tertiary/aromatic N) is 2. The largest absolute Gasteiger partial charge is 0.452 e. The first-order valence-electron chi connectivity index (χ1n) is 10.7. The number of hydrogen-bond donors (Lipinski definition) is 0. The van der Waals surface area contributed by atoms with Crippen LogP contribution >= 0.6 is 0 Å². The molecule has 0 bridgehead atoms. The average Bonchev–Trinajstić information content (AvgIpc) is 3.23. The highest BCUT2D eigenvalue weighted by Gasteiger charge is 2.18. The zero-order chi connectivity index (χ0) is 21.5. The summed E-state index contributed by atoms with van der Waals surface area (Å²) in [6, 6.07) is 35.1. The number of aryl methyl sites for hydroxylation is 1. The second-order valence-corrected chi connectivity index (χ2v) is 7.99. The fraction of sp³-hybridized carbons (Fsp3) is 0.0345. The van der Waals surface area contributed by atoms with Gasteiger partial charge in [0.15, 0.2) is 11.4 Å². The Balaban J connectivity index is 1.60. The van der Waals surface area contributed by atoms with E-state index in [0.717, 1.165) is 44.5 Å². The molecule has 0 unspecified atom stereocenters. The van der Waals surface area contributed by atoms with Crippen LogP contribution in [0.1, 0.15) is 5.56 Å². The number of benzene rings is 4. The summed E-state index contributed by atoms with van der Waals surface area (Å²) in [5.41, 5.74) is 8.74. The minimum atomic E-state index is 0.692. The minimum Gasteiger partial charge on any atom is -0.452 e. The van der Waals surface area contributed by atoms with Gasteiger partial charge in [-0.2, -0.15) is 0 Å². The Labute approximate surface area is 186 Å². The van der Waals surface area contributed by atoms with Crippen molar-refractivity contribution in [1.29, 1.82) is 0 Å². The van der Waals surface area contributed by atoms with Gasteiger partial charge in [0.05, 0.1) is 0 Å². The summed E-state index contributed by atoms with van der Waals surface area (Å²) in [6.45, 7) is 2.11. The maximum absolute atomic E-state index is 6.21. The van der Waals surface area contributed by atoms with Gasteiger partial charge in [-0.25, -0.2) is 9.97 Å². The maximum atomic E-state index is 6.21. The van der Waals surface area contributed by atoms with Crippen LogP contribution in [0.4, 0.5) is 0 Å². The number of furan rings is 1. The van der Waals surface area contributed by atoms with Gasteiger partial charge in [0.1, 0.15) is 16.8 Å². The molecule has 0 atom stereocenters. The summed E-state index contributed by atoms with van der Waals surface area (Å²) in [7, 11) is 0. The molecule has 0 saturated carbocycles. The van der Waals surface area contributed by atoms with Crippen molar-refractivity contribution in [3.05, 3.63) is 109 Å². The van der Waals surface area contributed by atoms with Gasteiger partial charge < -0.3 is 4.42 Å². The fourth-order valence-corrected chi connectivity index (χ4v) is 4.17. The summed E-state index contributed by atoms with van der Waals surface area (Å²) < 4.78 is 6.21. The summed E-state index contributed by atoms with van der Waals surface area (Å²) >= 11 is 0. The molecule has 2 heterocycles. The molecule has 2 aromatic heterocycles. The second-order valence-electron chi connectivity index (χ2n) is 7.99. The van der Waals surface area contributed by atoms with Gasteiger partial charge in [-0.1, -0.05) is 90.5 Å². The van der Waals surface area contributed by atoms with E-state index in [2.05, 4.69) is 73.7 Å². The molecule has 3 heteroatoms. The molecule has 4 aromatic carbocycles. The highest BCUT2D eigenvalue weighted by atomic mass is 16.3. The average molecular weight is 412 g/mol. The lowest BCUT2D eigenvalue weighted by Crippen LogP contribution is -1.94. The molecule has 0 spiro atoms. The first-order chi connectivity index (χ1) is 15.8. The maximum Gasteiger partial charge on any atom is 0.180 e. The van der Waals surface area contributed by atoms with Crippen molar-refractivity contribution in [2.45, 2.75) is 6.92 Å². The molecule has 0 fully saturated rings. The van der Waals surface area contributed by atoms with E-state index >= 15 is 0 Å². The van der Waals surface area contributed by atoms with E-state index in [1.54, 1.807) is 0 Å². The molecule has 0 aliphatic rings. The van der Waals surface area contributed by atoms with E-state index in [0.29, 0.717) is 5.82 Å². The van der Waals surface area contributed by atoms with Gasteiger partial charge in [0.25, 0.3) is 0 Å². The number of hydrogen-bond acceptors (Lipinski definition) is 3. The monoisotopic (exact) mass is 412 g/mol. The molecule has 0 amide bonds. The Bertz CT molecular complexity index is 1580. The Hall–Kier alpha value is -4.24. The lowest BCUT2D eigenvalue weighted by molar-refractivity contribution is 0.667. The Morgan fingerprint density at radius 3 is 2.12 bits per heavy atom. The van der Waals surface area contributed by atoms with Crippen LogP contribution in [0.15, 0.2) is 108 Å². The Morgan fingerprint density at radius 1 is 0.594 bits per heavy atom. The van der Waals surface area contributed by atoms with Crippen LogP contribution in [0.2, 0.25) is 0 Å². The van der Waals surface area contributed by atoms with E-state index in [9.17, 15) is 0 Å². The van der Waals surface area contributed by atoms with Crippen LogP contribution in [0.5, 0.6) is 0 Å². The third-order valence-corrected chi connectivity index (χ3v) is 5.74. The number of rotatable bonds is 3. The molecule has 6 rings (SSSR count). The van der Waals surface area contributed by atoms with Crippen LogP contribution in [0, 0.1) is 6.92 Å². The smallest absolute Gasteiger partial charge is 0.180 e.